The fraction of sp³-hybridized carbons (Fsp3) is 0.688. The average molecular weight is 321 g/mol. The summed E-state index contributed by atoms with van der Waals surface area (Å²) in [4.78, 5) is 28.0. The summed E-state index contributed by atoms with van der Waals surface area (Å²) in [5.41, 5.74) is 1.43. The molecular weight excluding hydrogens is 294 g/mol. The third kappa shape index (κ3) is 4.10. The number of amides is 2. The summed E-state index contributed by atoms with van der Waals surface area (Å²) in [6.45, 7) is 8.68. The molecule has 0 bridgehead atoms. The van der Waals surface area contributed by atoms with Crippen LogP contribution in [0.1, 0.15) is 43.4 Å². The lowest BCUT2D eigenvalue weighted by Crippen LogP contribution is -2.44. The zero-order valence-electron chi connectivity index (χ0n) is 14.7. The van der Waals surface area contributed by atoms with Crippen LogP contribution in [-0.4, -0.2) is 64.1 Å². The van der Waals surface area contributed by atoms with Crippen molar-refractivity contribution >= 4 is 11.8 Å². The van der Waals surface area contributed by atoms with Crippen LogP contribution in [0.2, 0.25) is 0 Å². The van der Waals surface area contributed by atoms with E-state index in [1.165, 1.54) is 4.90 Å². The highest BCUT2D eigenvalue weighted by Crippen LogP contribution is 2.16. The SMILES string of the molecule is CC(C)N1CCCn2nc(C(=O)N[C@@H](C)C(=O)N(C)C)cc2C1. The summed E-state index contributed by atoms with van der Waals surface area (Å²) < 4.78 is 1.91. The van der Waals surface area contributed by atoms with E-state index in [2.05, 4.69) is 29.2 Å². The number of rotatable bonds is 4. The van der Waals surface area contributed by atoms with E-state index in [1.54, 1.807) is 21.0 Å². The van der Waals surface area contributed by atoms with Crippen LogP contribution < -0.4 is 5.32 Å². The summed E-state index contributed by atoms with van der Waals surface area (Å²) in [5, 5.41) is 7.13. The monoisotopic (exact) mass is 321 g/mol. The van der Waals surface area contributed by atoms with Gasteiger partial charge >= 0.3 is 0 Å². The molecule has 0 saturated carbocycles. The maximum absolute atomic E-state index is 12.3. The molecule has 7 heteroatoms. The molecule has 0 saturated heterocycles. The summed E-state index contributed by atoms with van der Waals surface area (Å²) in [5.74, 6) is -0.436. The van der Waals surface area contributed by atoms with Gasteiger partial charge in [-0.1, -0.05) is 0 Å². The molecule has 1 aliphatic heterocycles. The number of aryl methyl sites for hydroxylation is 1. The first kappa shape index (κ1) is 17.5. The smallest absolute Gasteiger partial charge is 0.272 e. The predicted octanol–water partition coefficient (Wildman–Crippen LogP) is 0.704. The van der Waals surface area contributed by atoms with E-state index in [-0.39, 0.29) is 11.8 Å². The number of nitrogens with zero attached hydrogens (tertiary/aromatic N) is 4. The van der Waals surface area contributed by atoms with Crippen LogP contribution in [0.3, 0.4) is 0 Å². The molecule has 0 unspecified atom stereocenters. The Morgan fingerprint density at radius 2 is 1.96 bits per heavy atom. The Hall–Kier alpha value is -1.89. The lowest BCUT2D eigenvalue weighted by atomic mass is 10.2. The van der Waals surface area contributed by atoms with Gasteiger partial charge in [0, 0.05) is 39.8 Å². The van der Waals surface area contributed by atoms with Crippen LogP contribution in [0.5, 0.6) is 0 Å². The maximum Gasteiger partial charge on any atom is 0.272 e. The zero-order valence-corrected chi connectivity index (χ0v) is 14.7. The van der Waals surface area contributed by atoms with Crippen molar-refractivity contribution in [3.8, 4) is 0 Å². The molecule has 0 aliphatic carbocycles. The minimum atomic E-state index is -0.564. The van der Waals surface area contributed by atoms with E-state index in [4.69, 9.17) is 0 Å². The molecule has 128 valence electrons. The minimum absolute atomic E-state index is 0.134. The number of fused-ring (bicyclic) bond motifs is 1. The highest BCUT2D eigenvalue weighted by Gasteiger charge is 2.23. The summed E-state index contributed by atoms with van der Waals surface area (Å²) in [6.07, 6.45) is 1.02. The van der Waals surface area contributed by atoms with Crippen molar-refractivity contribution in [2.45, 2.75) is 52.4 Å². The largest absolute Gasteiger partial charge is 0.347 e. The van der Waals surface area contributed by atoms with Gasteiger partial charge < -0.3 is 10.2 Å². The van der Waals surface area contributed by atoms with Gasteiger partial charge in [0.2, 0.25) is 5.91 Å². The second-order valence-electron chi connectivity index (χ2n) is 6.59. The fourth-order valence-electron chi connectivity index (χ4n) is 2.76. The van der Waals surface area contributed by atoms with Gasteiger partial charge in [-0.3, -0.25) is 19.2 Å². The molecule has 2 amide bonds. The molecule has 1 aromatic heterocycles. The number of hydrogen-bond acceptors (Lipinski definition) is 4. The molecule has 1 N–H and O–H groups in total. The van der Waals surface area contributed by atoms with Crippen molar-refractivity contribution in [3.05, 3.63) is 17.5 Å². The molecule has 0 spiro atoms. The summed E-state index contributed by atoms with van der Waals surface area (Å²) >= 11 is 0. The Bertz CT molecular complexity index is 579. The third-order valence-corrected chi connectivity index (χ3v) is 4.17. The number of carbonyl (C=O) groups excluding carboxylic acids is 2. The molecule has 7 nitrogen and oxygen atoms in total. The van der Waals surface area contributed by atoms with Gasteiger partial charge in [0.05, 0.1) is 5.69 Å². The van der Waals surface area contributed by atoms with Crippen molar-refractivity contribution in [3.63, 3.8) is 0 Å². The van der Waals surface area contributed by atoms with Gasteiger partial charge in [0.25, 0.3) is 5.91 Å². The van der Waals surface area contributed by atoms with Gasteiger partial charge in [-0.15, -0.1) is 0 Å². The molecule has 23 heavy (non-hydrogen) atoms. The number of aromatic nitrogens is 2. The third-order valence-electron chi connectivity index (χ3n) is 4.17. The van der Waals surface area contributed by atoms with E-state index in [1.807, 2.05) is 10.7 Å². The fourth-order valence-corrected chi connectivity index (χ4v) is 2.76. The first-order valence-corrected chi connectivity index (χ1v) is 8.12. The van der Waals surface area contributed by atoms with Gasteiger partial charge in [-0.05, 0) is 33.3 Å². The number of nitrogens with one attached hydrogen (secondary N) is 1. The quantitative estimate of drug-likeness (QED) is 0.886. The first-order valence-electron chi connectivity index (χ1n) is 8.12. The van der Waals surface area contributed by atoms with E-state index >= 15 is 0 Å². The Kier molecular flexibility index (Phi) is 5.41. The summed E-state index contributed by atoms with van der Waals surface area (Å²) in [7, 11) is 3.34. The van der Waals surface area contributed by atoms with Gasteiger partial charge in [-0.2, -0.15) is 5.10 Å². The molecule has 1 aromatic rings. The zero-order chi connectivity index (χ0) is 17.1. The highest BCUT2D eigenvalue weighted by atomic mass is 16.2. The normalized spacial score (nSPS) is 16.6. The second kappa shape index (κ2) is 7.12. The van der Waals surface area contributed by atoms with Crippen molar-refractivity contribution in [2.75, 3.05) is 20.6 Å². The van der Waals surface area contributed by atoms with Gasteiger partial charge in [0.1, 0.15) is 6.04 Å². The van der Waals surface area contributed by atoms with Crippen LogP contribution in [0.4, 0.5) is 0 Å². The first-order chi connectivity index (χ1) is 10.8. The molecule has 0 aromatic carbocycles. The number of likely N-dealkylation sites (N-methyl/N-ethyl adjacent to an activating group) is 1. The maximum atomic E-state index is 12.3. The molecule has 1 atom stereocenters. The molecule has 2 rings (SSSR count). The average Bonchev–Trinajstić information content (AvgIpc) is 2.77. The minimum Gasteiger partial charge on any atom is -0.347 e. The lowest BCUT2D eigenvalue weighted by Gasteiger charge is -2.23. The van der Waals surface area contributed by atoms with E-state index in [0.29, 0.717) is 11.7 Å². The molecule has 2 heterocycles. The van der Waals surface area contributed by atoms with Gasteiger partial charge in [-0.25, -0.2) is 0 Å². The highest BCUT2D eigenvalue weighted by molar-refractivity contribution is 5.95. The molecular formula is C16H27N5O2. The summed E-state index contributed by atoms with van der Waals surface area (Å²) in [6, 6.07) is 1.74. The predicted molar refractivity (Wildman–Crippen MR) is 88.0 cm³/mol. The number of hydrogen-bond donors (Lipinski definition) is 1. The Balaban J connectivity index is 2.09. The van der Waals surface area contributed by atoms with Crippen LogP contribution in [0, 0.1) is 0 Å². The second-order valence-corrected chi connectivity index (χ2v) is 6.59. The Labute approximate surface area is 137 Å². The van der Waals surface area contributed by atoms with Crippen LogP contribution in [0.15, 0.2) is 6.07 Å². The Morgan fingerprint density at radius 1 is 1.26 bits per heavy atom. The van der Waals surface area contributed by atoms with E-state index in [9.17, 15) is 9.59 Å². The van der Waals surface area contributed by atoms with Crippen molar-refractivity contribution in [2.24, 2.45) is 0 Å². The molecule has 0 fully saturated rings. The van der Waals surface area contributed by atoms with Crippen LogP contribution >= 0.6 is 0 Å². The Morgan fingerprint density at radius 3 is 2.57 bits per heavy atom. The van der Waals surface area contributed by atoms with Crippen molar-refractivity contribution in [1.29, 1.82) is 0 Å². The molecule has 0 radical (unpaired) electrons. The topological polar surface area (TPSA) is 70.5 Å². The molecule has 1 aliphatic rings. The van der Waals surface area contributed by atoms with E-state index in [0.717, 1.165) is 31.7 Å². The van der Waals surface area contributed by atoms with E-state index < -0.39 is 6.04 Å². The van der Waals surface area contributed by atoms with Crippen LogP contribution in [0.25, 0.3) is 0 Å². The van der Waals surface area contributed by atoms with Crippen LogP contribution in [-0.2, 0) is 17.9 Å². The van der Waals surface area contributed by atoms with Crippen molar-refractivity contribution in [1.82, 2.24) is 24.9 Å². The lowest BCUT2D eigenvalue weighted by molar-refractivity contribution is -0.130. The van der Waals surface area contributed by atoms with Crippen molar-refractivity contribution < 1.29 is 9.59 Å². The standard InChI is InChI=1S/C16H27N5O2/c1-11(2)20-7-6-8-21-13(10-20)9-14(18-21)15(22)17-12(3)16(23)19(4)5/h9,11-12H,6-8,10H2,1-5H3,(H,17,22)/t12-/m0/s1. The number of carbonyl (C=O) groups is 2. The van der Waals surface area contributed by atoms with Gasteiger partial charge in [0.15, 0.2) is 5.69 Å².